The minimum atomic E-state index is -0.0628. The number of hydrogen-bond donors (Lipinski definition) is 1. The highest BCUT2D eigenvalue weighted by molar-refractivity contribution is 5.77. The maximum Gasteiger partial charge on any atom is 0.220 e. The number of hydrogen-bond acceptors (Lipinski definition) is 1. The van der Waals surface area contributed by atoms with Crippen molar-refractivity contribution in [1.82, 2.24) is 0 Å². The van der Waals surface area contributed by atoms with Crippen molar-refractivity contribution < 1.29 is 4.79 Å². The highest BCUT2D eigenvalue weighted by atomic mass is 16.1. The van der Waals surface area contributed by atoms with E-state index in [4.69, 9.17) is 5.73 Å². The molecule has 0 aromatic heterocycles. The summed E-state index contributed by atoms with van der Waals surface area (Å²) in [6, 6.07) is 0. The van der Waals surface area contributed by atoms with Crippen LogP contribution in [0.1, 0.15) is 25.7 Å². The second kappa shape index (κ2) is 1.97. The lowest BCUT2D eigenvalue weighted by atomic mass is 9.88. The van der Waals surface area contributed by atoms with E-state index in [0.29, 0.717) is 5.92 Å². The molecule has 2 fully saturated rings. The van der Waals surface area contributed by atoms with E-state index >= 15 is 0 Å². The van der Waals surface area contributed by atoms with Crippen LogP contribution in [0.15, 0.2) is 0 Å². The summed E-state index contributed by atoms with van der Waals surface area (Å²) in [4.78, 5) is 10.8. The highest BCUT2D eigenvalue weighted by Crippen LogP contribution is 2.47. The van der Waals surface area contributed by atoms with E-state index in [1.54, 1.807) is 0 Å². The molecule has 56 valence electrons. The van der Waals surface area contributed by atoms with Gasteiger partial charge in [0.1, 0.15) is 0 Å². The molecular weight excluding hydrogens is 126 g/mol. The zero-order valence-corrected chi connectivity index (χ0v) is 6.05. The Kier molecular flexibility index (Phi) is 1.22. The third kappa shape index (κ3) is 0.746. The van der Waals surface area contributed by atoms with E-state index < -0.39 is 0 Å². The summed E-state index contributed by atoms with van der Waals surface area (Å²) >= 11 is 0. The van der Waals surface area contributed by atoms with Crippen LogP contribution in [0.3, 0.4) is 0 Å². The Morgan fingerprint density at radius 2 is 2.10 bits per heavy atom. The molecule has 2 rings (SSSR count). The Bertz CT molecular complexity index is 167. The van der Waals surface area contributed by atoms with Gasteiger partial charge in [-0.05, 0) is 31.1 Å². The fourth-order valence-electron chi connectivity index (χ4n) is 2.59. The highest BCUT2D eigenvalue weighted by Gasteiger charge is 2.41. The van der Waals surface area contributed by atoms with Crippen LogP contribution < -0.4 is 5.73 Å². The third-order valence-electron chi connectivity index (χ3n) is 3.10. The second-order valence-electron chi connectivity index (χ2n) is 3.68. The van der Waals surface area contributed by atoms with Crippen LogP contribution in [0.5, 0.6) is 0 Å². The molecule has 0 aromatic carbocycles. The molecule has 0 heterocycles. The zero-order valence-electron chi connectivity index (χ0n) is 6.05. The molecule has 2 aliphatic carbocycles. The molecule has 2 saturated carbocycles. The normalized spacial score (nSPS) is 44.2. The quantitative estimate of drug-likeness (QED) is 0.576. The van der Waals surface area contributed by atoms with E-state index in [1.165, 1.54) is 19.3 Å². The Morgan fingerprint density at radius 1 is 1.30 bits per heavy atom. The van der Waals surface area contributed by atoms with Gasteiger partial charge < -0.3 is 5.73 Å². The SMILES string of the molecule is NC(=O)[C@@H]1CC2CC[C@H]1C2. The van der Waals surface area contributed by atoms with Crippen LogP contribution >= 0.6 is 0 Å². The fourth-order valence-corrected chi connectivity index (χ4v) is 2.59. The molecule has 0 aliphatic heterocycles. The van der Waals surface area contributed by atoms with Crippen LogP contribution in [0.2, 0.25) is 0 Å². The molecule has 2 aliphatic rings. The predicted octanol–water partition coefficient (Wildman–Crippen LogP) is 0.908. The first-order valence-electron chi connectivity index (χ1n) is 4.06. The van der Waals surface area contributed by atoms with E-state index in [0.717, 1.165) is 12.3 Å². The van der Waals surface area contributed by atoms with Gasteiger partial charge >= 0.3 is 0 Å². The van der Waals surface area contributed by atoms with Gasteiger partial charge in [-0.25, -0.2) is 0 Å². The van der Waals surface area contributed by atoms with Gasteiger partial charge in [-0.1, -0.05) is 6.42 Å². The van der Waals surface area contributed by atoms with Crippen molar-refractivity contribution in [3.63, 3.8) is 0 Å². The van der Waals surface area contributed by atoms with E-state index in [1.807, 2.05) is 0 Å². The summed E-state index contributed by atoms with van der Waals surface area (Å²) in [6.45, 7) is 0. The number of fused-ring (bicyclic) bond motifs is 2. The molecule has 2 N–H and O–H groups in total. The Hall–Kier alpha value is -0.530. The summed E-state index contributed by atoms with van der Waals surface area (Å²) < 4.78 is 0. The molecule has 10 heavy (non-hydrogen) atoms. The summed E-state index contributed by atoms with van der Waals surface area (Å²) in [5, 5.41) is 0. The maximum absolute atomic E-state index is 10.8. The van der Waals surface area contributed by atoms with E-state index in [9.17, 15) is 4.79 Å². The molecule has 1 amide bonds. The van der Waals surface area contributed by atoms with Gasteiger partial charge in [-0.3, -0.25) is 4.79 Å². The third-order valence-corrected chi connectivity index (χ3v) is 3.10. The number of rotatable bonds is 1. The summed E-state index contributed by atoms with van der Waals surface area (Å²) in [5.41, 5.74) is 5.25. The standard InChI is InChI=1S/C8H13NO/c9-8(10)7-4-5-1-2-6(7)3-5/h5-7H,1-4H2,(H2,9,10)/t5?,6-,7+/m0/s1. The lowest BCUT2D eigenvalue weighted by Crippen LogP contribution is -2.27. The van der Waals surface area contributed by atoms with E-state index in [-0.39, 0.29) is 11.8 Å². The van der Waals surface area contributed by atoms with Crippen LogP contribution in [0.4, 0.5) is 0 Å². The predicted molar refractivity (Wildman–Crippen MR) is 38.1 cm³/mol. The number of nitrogens with two attached hydrogens (primary N) is 1. The topological polar surface area (TPSA) is 43.1 Å². The minimum absolute atomic E-state index is 0.0628. The molecule has 0 aromatic rings. The molecule has 2 bridgehead atoms. The van der Waals surface area contributed by atoms with Crippen LogP contribution in [0, 0.1) is 17.8 Å². The maximum atomic E-state index is 10.8. The molecule has 0 spiro atoms. The van der Waals surface area contributed by atoms with Gasteiger partial charge in [0, 0.05) is 5.92 Å². The van der Waals surface area contributed by atoms with Crippen molar-refractivity contribution in [1.29, 1.82) is 0 Å². The lowest BCUT2D eigenvalue weighted by molar-refractivity contribution is -0.123. The largest absolute Gasteiger partial charge is 0.369 e. The van der Waals surface area contributed by atoms with Crippen molar-refractivity contribution in [2.75, 3.05) is 0 Å². The molecule has 0 radical (unpaired) electrons. The van der Waals surface area contributed by atoms with Gasteiger partial charge in [0.25, 0.3) is 0 Å². The summed E-state index contributed by atoms with van der Waals surface area (Å²) in [7, 11) is 0. The Morgan fingerprint density at radius 3 is 2.40 bits per heavy atom. The molecule has 2 nitrogen and oxygen atoms in total. The number of amides is 1. The van der Waals surface area contributed by atoms with Crippen LogP contribution in [0.25, 0.3) is 0 Å². The van der Waals surface area contributed by atoms with Crippen LogP contribution in [-0.2, 0) is 4.79 Å². The van der Waals surface area contributed by atoms with Gasteiger partial charge in [-0.2, -0.15) is 0 Å². The molecule has 1 unspecified atom stereocenters. The van der Waals surface area contributed by atoms with Crippen molar-refractivity contribution in [3.05, 3.63) is 0 Å². The monoisotopic (exact) mass is 139 g/mol. The first kappa shape index (κ1) is 6.20. The first-order valence-corrected chi connectivity index (χ1v) is 4.06. The first-order chi connectivity index (χ1) is 4.77. The summed E-state index contributed by atoms with van der Waals surface area (Å²) in [5.74, 6) is 1.66. The second-order valence-corrected chi connectivity index (χ2v) is 3.68. The number of carbonyl (C=O) groups is 1. The van der Waals surface area contributed by atoms with Crippen molar-refractivity contribution in [3.8, 4) is 0 Å². The number of carbonyl (C=O) groups excluding carboxylic acids is 1. The average molecular weight is 139 g/mol. The molecule has 3 atom stereocenters. The molecular formula is C8H13NO. The van der Waals surface area contributed by atoms with Gasteiger partial charge in [0.15, 0.2) is 0 Å². The van der Waals surface area contributed by atoms with Gasteiger partial charge in [-0.15, -0.1) is 0 Å². The number of primary amides is 1. The van der Waals surface area contributed by atoms with Crippen molar-refractivity contribution >= 4 is 5.91 Å². The zero-order chi connectivity index (χ0) is 7.14. The fraction of sp³-hybridized carbons (Fsp3) is 0.875. The smallest absolute Gasteiger partial charge is 0.220 e. The van der Waals surface area contributed by atoms with Crippen molar-refractivity contribution in [2.24, 2.45) is 23.5 Å². The minimum Gasteiger partial charge on any atom is -0.369 e. The van der Waals surface area contributed by atoms with Crippen LogP contribution in [-0.4, -0.2) is 5.91 Å². The molecule has 2 heteroatoms. The Balaban J connectivity index is 2.08. The van der Waals surface area contributed by atoms with Crippen molar-refractivity contribution in [2.45, 2.75) is 25.7 Å². The lowest BCUT2D eigenvalue weighted by Gasteiger charge is -2.17. The summed E-state index contributed by atoms with van der Waals surface area (Å²) in [6.07, 6.45) is 4.94. The average Bonchev–Trinajstić information content (AvgIpc) is 2.44. The Labute approximate surface area is 60.8 Å². The van der Waals surface area contributed by atoms with Gasteiger partial charge in [0.05, 0.1) is 0 Å². The molecule has 0 saturated heterocycles. The van der Waals surface area contributed by atoms with Gasteiger partial charge in [0.2, 0.25) is 5.91 Å². The van der Waals surface area contributed by atoms with E-state index in [2.05, 4.69) is 0 Å².